The largest absolute Gasteiger partial charge is 1.00 e. The normalized spacial score (nSPS) is 17.9. The zero-order valence-corrected chi connectivity index (χ0v) is 77.5. The molecule has 130 heavy (non-hydrogen) atoms. The smallest absolute Gasteiger partial charge is 0.793 e. The number of ether oxygens (including phenoxy) is 3. The Morgan fingerprint density at radius 1 is 0.408 bits per heavy atom. The molecule has 693 valence electrons. The summed E-state index contributed by atoms with van der Waals surface area (Å²) in [5.74, 6) is -0.341. The van der Waals surface area contributed by atoms with Gasteiger partial charge in [0.1, 0.15) is 5.78 Å². The Morgan fingerprint density at radius 3 is 0.923 bits per heavy atom. The molecule has 0 unspecified atom stereocenters. The van der Waals surface area contributed by atoms with Crippen molar-refractivity contribution in [2.75, 3.05) is 78.9 Å². The molecular formula is C94H124BN15NaO16S3. The minimum absolute atomic E-state index is 0. The molecule has 3 aliphatic carbocycles. The zero-order valence-electron chi connectivity index (χ0n) is 73.0. The number of hydrogen-bond acceptors (Lipinski definition) is 25. The average Bonchev–Trinajstić information content (AvgIpc) is 1.60. The van der Waals surface area contributed by atoms with E-state index in [1.165, 1.54) is 55.7 Å². The van der Waals surface area contributed by atoms with Gasteiger partial charge in [0, 0.05) is 210 Å². The van der Waals surface area contributed by atoms with Crippen LogP contribution in [0.4, 0.5) is 0 Å². The van der Waals surface area contributed by atoms with Crippen molar-refractivity contribution in [2.24, 2.45) is 21.1 Å². The van der Waals surface area contributed by atoms with Crippen molar-refractivity contribution in [1.82, 2.24) is 71.3 Å². The van der Waals surface area contributed by atoms with E-state index in [0.717, 1.165) is 203 Å². The third kappa shape index (κ3) is 24.9. The quantitative estimate of drug-likeness (QED) is 0.0600. The number of nitrogens with zero attached hydrogens (tertiary/aromatic N) is 14. The number of aromatic nitrogens is 12. The molecule has 6 fully saturated rings. The summed E-state index contributed by atoms with van der Waals surface area (Å²) in [6, 6.07) is 33.1. The molecule has 0 atom stereocenters. The topological polar surface area (TPSA) is 352 Å². The van der Waals surface area contributed by atoms with Gasteiger partial charge in [-0.1, -0.05) is 84.3 Å². The van der Waals surface area contributed by atoms with Gasteiger partial charge in [0.15, 0.2) is 16.9 Å². The fourth-order valence-electron chi connectivity index (χ4n) is 16.9. The predicted octanol–water partition coefficient (Wildman–Crippen LogP) is 11.7. The fourth-order valence-corrected chi connectivity index (χ4v) is 20.9. The Hall–Kier alpha value is -9.89. The third-order valence-corrected chi connectivity index (χ3v) is 29.1. The van der Waals surface area contributed by atoms with E-state index in [0.29, 0.717) is 59.5 Å². The van der Waals surface area contributed by atoms with E-state index in [1.807, 2.05) is 94.3 Å². The first-order valence-corrected chi connectivity index (χ1v) is 46.5. The minimum atomic E-state index is -3.82. The van der Waals surface area contributed by atoms with Crippen LogP contribution in [-0.2, 0) is 99.0 Å². The summed E-state index contributed by atoms with van der Waals surface area (Å²) in [7, 11) is -1.45. The van der Waals surface area contributed by atoms with Gasteiger partial charge in [0.2, 0.25) is 5.97 Å². The first-order chi connectivity index (χ1) is 60.1. The number of pyridine rings is 3. The van der Waals surface area contributed by atoms with Gasteiger partial charge in [0.05, 0.1) is 72.9 Å². The van der Waals surface area contributed by atoms with Crippen LogP contribution in [0, 0.1) is 20.8 Å². The molecule has 31 nitrogen and oxygen atoms in total. The van der Waals surface area contributed by atoms with Gasteiger partial charge < -0.3 is 32.2 Å². The van der Waals surface area contributed by atoms with Crippen LogP contribution in [0.1, 0.15) is 179 Å². The number of aryl methyl sites for hydroxylation is 3. The molecule has 12 aromatic rings. The van der Waals surface area contributed by atoms with E-state index in [9.17, 15) is 44.4 Å². The van der Waals surface area contributed by atoms with Crippen LogP contribution in [-0.4, -0.2) is 214 Å². The molecule has 3 aromatic carbocycles. The second-order valence-corrected chi connectivity index (χ2v) is 37.4. The molecule has 0 bridgehead atoms. The van der Waals surface area contributed by atoms with Crippen molar-refractivity contribution in [1.29, 1.82) is 0 Å². The van der Waals surface area contributed by atoms with Crippen LogP contribution in [0.25, 0.3) is 66.5 Å². The number of carbonyl (C=O) groups excluding carboxylic acids is 4. The molecule has 6 aliphatic rings. The number of benzene rings is 3. The number of fused-ring (bicyclic) bond motifs is 3. The number of nitrogens with one attached hydrogen (secondary N) is 1. The number of hydrogen-bond donors (Lipinski definition) is 1. The molecule has 1 N–H and O–H groups in total. The standard InChI is InChI=1S/2C28H33N5O3S.C24H24N4O3S.C4H9NO.C4H6O4.C2H3BO2.4CH4.Na/c2*1-20-26(18-30-31(20)2)27-19-33(37(34,35)24-6-4-3-5-7-24)28-25(27)16-22(17-29-28)21-8-10-23(11-9-21)32-12-14-36-15-13-32;1-16-22(14-26-27(16)2)23-15-28(32(30,31)20-6-4-3-5-7-20)24-21(23)12-18(13-25-24)17-8-10-19(29)11-9-17;1-3-6-4-2-5-1;1-3(5)7-8-4(2)6;1-2(4)5-3;;;;;/h2*3-7,16-19,21,23H,8-15H2,1-2H3;3-7,12-15,17H,8-11H2,1-2H3;5H,1-4H2;1-2H3;1H3;4*1H4;/q;;;;;-1;;;;;+1. The molecule has 3 saturated carbocycles. The van der Waals surface area contributed by atoms with Crippen molar-refractivity contribution in [2.45, 2.75) is 193 Å². The summed E-state index contributed by atoms with van der Waals surface area (Å²) < 4.78 is 111. The van der Waals surface area contributed by atoms with Crippen molar-refractivity contribution < 1.29 is 103 Å². The maximum absolute atomic E-state index is 13.6. The van der Waals surface area contributed by atoms with Crippen molar-refractivity contribution in [3.05, 3.63) is 199 Å². The van der Waals surface area contributed by atoms with Gasteiger partial charge in [-0.05, 0) is 174 Å². The summed E-state index contributed by atoms with van der Waals surface area (Å²) in [5, 5.41) is 18.8. The van der Waals surface area contributed by atoms with E-state index in [2.05, 4.69) is 70.0 Å². The number of ketones is 1. The zero-order chi connectivity index (χ0) is 88.7. The fraction of sp³-hybridized carbons (Fsp3) is 0.447. The second-order valence-electron chi connectivity index (χ2n) is 31.9. The maximum atomic E-state index is 13.6. The molecule has 0 spiro atoms. The SMILES string of the molecule is C.C.C.C.C1COCCN1.CC(=O)OOC(C)=O.Cc1c(-c2cn(S(=O)(=O)c3ccccc3)c3ncc(C4CCC(=O)CC4)cc23)cnn1C.Cc1c(-c2cn(S(=O)(=O)c3ccccc3)c3ncc(C4CCC(N5CCOCC5)CC4)cc23)cnn1C.Cc1c(-c2cn(S(=O)(=O)c3ccccc3)c3ncc(C4CCC(N5CCOCC5)CC4)cc23)cnn1C.[B-]OC(C)=O.[Na+]. The first-order valence-electron chi connectivity index (χ1n) is 42.2. The molecular weight excluding hydrogens is 1730 g/mol. The molecule has 3 aliphatic heterocycles. The Morgan fingerprint density at radius 2 is 0.685 bits per heavy atom. The summed E-state index contributed by atoms with van der Waals surface area (Å²) >= 11 is 0. The van der Waals surface area contributed by atoms with Crippen LogP contribution in [0.2, 0.25) is 0 Å². The van der Waals surface area contributed by atoms with Gasteiger partial charge in [-0.2, -0.15) is 15.3 Å². The van der Waals surface area contributed by atoms with Gasteiger partial charge >= 0.3 is 41.5 Å². The molecule has 12 heterocycles. The number of rotatable bonds is 14. The van der Waals surface area contributed by atoms with Crippen molar-refractivity contribution >= 4 is 94.9 Å². The predicted molar refractivity (Wildman–Crippen MR) is 500 cm³/mol. The van der Waals surface area contributed by atoms with E-state index >= 15 is 0 Å². The second kappa shape index (κ2) is 48.0. The Kier molecular flexibility index (Phi) is 38.9. The average molecular weight is 1850 g/mol. The Balaban J connectivity index is 0.000000214. The van der Waals surface area contributed by atoms with Crippen LogP contribution in [0.5, 0.6) is 0 Å². The number of Topliss-reactive ketones (excluding diaryl/α,β-unsaturated/α-hetero) is 1. The summed E-state index contributed by atoms with van der Waals surface area (Å²) in [4.78, 5) is 68.5. The van der Waals surface area contributed by atoms with Gasteiger partial charge in [0.25, 0.3) is 30.1 Å². The van der Waals surface area contributed by atoms with Gasteiger partial charge in [-0.25, -0.2) is 71.5 Å². The van der Waals surface area contributed by atoms with E-state index in [-0.39, 0.29) is 79.9 Å². The number of carbonyl (C=O) groups is 4. The van der Waals surface area contributed by atoms with Gasteiger partial charge in [-0.3, -0.25) is 33.4 Å². The molecule has 3 radical (unpaired) electrons. The summed E-state index contributed by atoms with van der Waals surface area (Å²) in [6.45, 7) is 20.8. The molecule has 9 aromatic heterocycles. The van der Waals surface area contributed by atoms with Crippen molar-refractivity contribution in [3.8, 4) is 33.4 Å². The van der Waals surface area contributed by atoms with Crippen LogP contribution < -0.4 is 34.9 Å². The third-order valence-electron chi connectivity index (χ3n) is 24.1. The minimum Gasteiger partial charge on any atom is -0.793 e. The van der Waals surface area contributed by atoms with Crippen LogP contribution in [0.3, 0.4) is 0 Å². The maximum Gasteiger partial charge on any atom is 1.00 e. The molecule has 36 heteroatoms. The van der Waals surface area contributed by atoms with E-state index < -0.39 is 48.0 Å². The first kappa shape index (κ1) is 105. The number of morpholine rings is 3. The van der Waals surface area contributed by atoms with Crippen LogP contribution >= 0.6 is 0 Å². The molecule has 18 rings (SSSR count). The molecule has 3 saturated heterocycles. The van der Waals surface area contributed by atoms with Gasteiger partial charge in [-0.15, -0.1) is 0 Å². The summed E-state index contributed by atoms with van der Waals surface area (Å²) in [6.07, 6.45) is 27.9. The Labute approximate surface area is 788 Å². The van der Waals surface area contributed by atoms with E-state index in [1.54, 1.807) is 115 Å². The van der Waals surface area contributed by atoms with Crippen molar-refractivity contribution in [3.63, 3.8) is 0 Å². The molecule has 0 amide bonds. The monoisotopic (exact) mass is 1850 g/mol. The summed E-state index contributed by atoms with van der Waals surface area (Å²) in [5.41, 5.74) is 12.8. The van der Waals surface area contributed by atoms with E-state index in [4.69, 9.17) is 24.2 Å². The Bertz CT molecular complexity index is 5850. The van der Waals surface area contributed by atoms with Crippen LogP contribution in [0.15, 0.2) is 180 Å².